The van der Waals surface area contributed by atoms with Crippen LogP contribution in [0.1, 0.15) is 23.1 Å². The zero-order valence-electron chi connectivity index (χ0n) is 6.94. The maximum absolute atomic E-state index is 11.9. The predicted molar refractivity (Wildman–Crippen MR) is 53.2 cm³/mol. The summed E-state index contributed by atoms with van der Waals surface area (Å²) in [6.45, 7) is 0. The van der Waals surface area contributed by atoms with E-state index >= 15 is 0 Å². The lowest BCUT2D eigenvalue weighted by molar-refractivity contribution is -0.135. The van der Waals surface area contributed by atoms with Crippen molar-refractivity contribution in [2.75, 3.05) is 0 Å². The third-order valence-corrected chi connectivity index (χ3v) is 3.65. The summed E-state index contributed by atoms with van der Waals surface area (Å²) in [5.74, 6) is 0. The predicted octanol–water partition coefficient (Wildman–Crippen LogP) is 5.02. The van der Waals surface area contributed by atoms with Gasteiger partial charge in [0.1, 0.15) is 0 Å². The van der Waals surface area contributed by atoms with Crippen LogP contribution in [0.3, 0.4) is 0 Å². The van der Waals surface area contributed by atoms with Gasteiger partial charge in [0.2, 0.25) is 0 Å². The zero-order valence-corrected chi connectivity index (χ0v) is 9.27. The van der Waals surface area contributed by atoms with Gasteiger partial charge >= 0.3 is 6.18 Å². The molecule has 1 aromatic heterocycles. The monoisotopic (exact) mass is 262 g/mol. The first kappa shape index (κ1) is 12.1. The van der Waals surface area contributed by atoms with Crippen LogP contribution in [0.15, 0.2) is 11.4 Å². The SMILES string of the molecule is FC(F)(F)CCC(Cl)c1sccc1Cl. The van der Waals surface area contributed by atoms with Crippen LogP contribution in [0.5, 0.6) is 0 Å². The highest BCUT2D eigenvalue weighted by molar-refractivity contribution is 7.11. The van der Waals surface area contributed by atoms with Crippen molar-refractivity contribution >= 4 is 34.5 Å². The highest BCUT2D eigenvalue weighted by Crippen LogP contribution is 2.37. The van der Waals surface area contributed by atoms with Crippen LogP contribution in [0.4, 0.5) is 13.2 Å². The summed E-state index contributed by atoms with van der Waals surface area (Å²) in [6.07, 6.45) is -5.17. The lowest BCUT2D eigenvalue weighted by Crippen LogP contribution is -2.07. The molecular weight excluding hydrogens is 256 g/mol. The Labute approximate surface area is 93.6 Å². The van der Waals surface area contributed by atoms with Gasteiger partial charge in [0.25, 0.3) is 0 Å². The van der Waals surface area contributed by atoms with Gasteiger partial charge in [0.15, 0.2) is 0 Å². The molecule has 1 rings (SSSR count). The molecule has 0 bridgehead atoms. The first-order valence-corrected chi connectivity index (χ1v) is 5.53. The lowest BCUT2D eigenvalue weighted by Gasteiger charge is -2.10. The third kappa shape index (κ3) is 3.67. The minimum atomic E-state index is -4.16. The summed E-state index contributed by atoms with van der Waals surface area (Å²) in [4.78, 5) is 0.609. The van der Waals surface area contributed by atoms with Crippen molar-refractivity contribution < 1.29 is 13.2 Å². The first-order chi connectivity index (χ1) is 6.40. The van der Waals surface area contributed by atoms with Crippen LogP contribution in [0.25, 0.3) is 0 Å². The fourth-order valence-electron chi connectivity index (χ4n) is 0.950. The van der Waals surface area contributed by atoms with E-state index < -0.39 is 18.0 Å². The number of rotatable bonds is 3. The van der Waals surface area contributed by atoms with Crippen molar-refractivity contribution in [2.45, 2.75) is 24.4 Å². The molecule has 0 aliphatic rings. The quantitative estimate of drug-likeness (QED) is 0.671. The Balaban J connectivity index is 2.51. The highest BCUT2D eigenvalue weighted by Gasteiger charge is 2.28. The van der Waals surface area contributed by atoms with Gasteiger partial charge < -0.3 is 0 Å². The summed E-state index contributed by atoms with van der Waals surface area (Å²) in [7, 11) is 0. The molecule has 0 saturated heterocycles. The van der Waals surface area contributed by atoms with Gasteiger partial charge in [0.05, 0.1) is 10.4 Å². The van der Waals surface area contributed by atoms with E-state index in [4.69, 9.17) is 23.2 Å². The molecule has 0 radical (unpaired) electrons. The molecule has 1 unspecified atom stereocenters. The van der Waals surface area contributed by atoms with Crippen LogP contribution < -0.4 is 0 Å². The van der Waals surface area contributed by atoms with Gasteiger partial charge in [0, 0.05) is 11.3 Å². The molecule has 0 amide bonds. The molecule has 0 N–H and O–H groups in total. The molecule has 1 aromatic rings. The smallest absolute Gasteiger partial charge is 0.171 e. The summed E-state index contributed by atoms with van der Waals surface area (Å²) in [6, 6.07) is 1.63. The van der Waals surface area contributed by atoms with Gasteiger partial charge in [-0.05, 0) is 17.9 Å². The molecule has 0 aliphatic heterocycles. The van der Waals surface area contributed by atoms with Crippen molar-refractivity contribution in [1.82, 2.24) is 0 Å². The Morgan fingerprint density at radius 1 is 1.43 bits per heavy atom. The Morgan fingerprint density at radius 3 is 2.50 bits per heavy atom. The Kier molecular flexibility index (Phi) is 4.10. The second-order valence-corrected chi connectivity index (χ2v) is 4.64. The summed E-state index contributed by atoms with van der Waals surface area (Å²) < 4.78 is 35.6. The number of hydrogen-bond donors (Lipinski definition) is 0. The van der Waals surface area contributed by atoms with E-state index in [1.165, 1.54) is 11.3 Å². The van der Waals surface area contributed by atoms with E-state index in [9.17, 15) is 13.2 Å². The number of halogens is 5. The molecule has 0 aromatic carbocycles. The van der Waals surface area contributed by atoms with Crippen LogP contribution in [0, 0.1) is 0 Å². The van der Waals surface area contributed by atoms with Crippen molar-refractivity contribution in [3.8, 4) is 0 Å². The number of thiophene rings is 1. The van der Waals surface area contributed by atoms with E-state index in [2.05, 4.69) is 0 Å². The average molecular weight is 263 g/mol. The summed E-state index contributed by atoms with van der Waals surface area (Å²) in [5, 5.41) is 1.50. The van der Waals surface area contributed by atoms with Crippen molar-refractivity contribution in [1.29, 1.82) is 0 Å². The molecule has 1 atom stereocenters. The van der Waals surface area contributed by atoms with Crippen molar-refractivity contribution in [3.05, 3.63) is 21.3 Å². The van der Waals surface area contributed by atoms with Crippen molar-refractivity contribution in [2.24, 2.45) is 0 Å². The maximum Gasteiger partial charge on any atom is 0.389 e. The molecule has 0 saturated carbocycles. The first-order valence-electron chi connectivity index (χ1n) is 3.84. The molecule has 1 heterocycles. The number of alkyl halides is 4. The van der Waals surface area contributed by atoms with Gasteiger partial charge in [-0.1, -0.05) is 11.6 Å². The van der Waals surface area contributed by atoms with Gasteiger partial charge in [-0.15, -0.1) is 22.9 Å². The normalized spacial score (nSPS) is 14.4. The highest BCUT2D eigenvalue weighted by atomic mass is 35.5. The van der Waals surface area contributed by atoms with Crippen molar-refractivity contribution in [3.63, 3.8) is 0 Å². The van der Waals surface area contributed by atoms with E-state index in [-0.39, 0.29) is 6.42 Å². The molecule has 80 valence electrons. The second-order valence-electron chi connectivity index (χ2n) is 2.75. The van der Waals surface area contributed by atoms with Gasteiger partial charge in [-0.2, -0.15) is 13.2 Å². The fourth-order valence-corrected chi connectivity index (χ4v) is 2.59. The molecule has 0 spiro atoms. The molecule has 0 nitrogen and oxygen atoms in total. The Hall–Kier alpha value is 0.0700. The Bertz CT molecular complexity index is 295. The summed E-state index contributed by atoms with van der Waals surface area (Å²) >= 11 is 12.8. The summed E-state index contributed by atoms with van der Waals surface area (Å²) in [5.41, 5.74) is 0. The zero-order chi connectivity index (χ0) is 10.8. The molecule has 6 heteroatoms. The molecule has 0 aliphatic carbocycles. The van der Waals surface area contributed by atoms with E-state index in [0.717, 1.165) is 0 Å². The Morgan fingerprint density at radius 2 is 2.07 bits per heavy atom. The van der Waals surface area contributed by atoms with Crippen LogP contribution >= 0.6 is 34.5 Å². The van der Waals surface area contributed by atoms with E-state index in [1.54, 1.807) is 11.4 Å². The van der Waals surface area contributed by atoms with Gasteiger partial charge in [-0.3, -0.25) is 0 Å². The average Bonchev–Trinajstić information content (AvgIpc) is 2.46. The van der Waals surface area contributed by atoms with E-state index in [0.29, 0.717) is 9.90 Å². The maximum atomic E-state index is 11.9. The standard InChI is InChI=1S/C8H7Cl2F3S/c9-5(1-3-8(11,12)13)7-6(10)2-4-14-7/h2,4-5H,1,3H2. The second kappa shape index (κ2) is 4.73. The number of hydrogen-bond acceptors (Lipinski definition) is 1. The fraction of sp³-hybridized carbons (Fsp3) is 0.500. The molecular formula is C8H7Cl2F3S. The minimum absolute atomic E-state index is 0.134. The van der Waals surface area contributed by atoms with Crippen LogP contribution in [0.2, 0.25) is 5.02 Å². The van der Waals surface area contributed by atoms with Gasteiger partial charge in [-0.25, -0.2) is 0 Å². The van der Waals surface area contributed by atoms with Crippen LogP contribution in [-0.4, -0.2) is 6.18 Å². The largest absolute Gasteiger partial charge is 0.389 e. The van der Waals surface area contributed by atoms with E-state index in [1.807, 2.05) is 0 Å². The third-order valence-electron chi connectivity index (χ3n) is 1.61. The molecule has 14 heavy (non-hydrogen) atoms. The molecule has 0 fully saturated rings. The van der Waals surface area contributed by atoms with Crippen LogP contribution in [-0.2, 0) is 0 Å². The topological polar surface area (TPSA) is 0 Å². The lowest BCUT2D eigenvalue weighted by atomic mass is 10.2. The minimum Gasteiger partial charge on any atom is -0.171 e.